The van der Waals surface area contributed by atoms with Crippen molar-refractivity contribution in [3.05, 3.63) is 35.7 Å². The van der Waals surface area contributed by atoms with Crippen LogP contribution < -0.4 is 0 Å². The van der Waals surface area contributed by atoms with Gasteiger partial charge in [0, 0.05) is 31.6 Å². The lowest BCUT2D eigenvalue weighted by Crippen LogP contribution is -2.32. The van der Waals surface area contributed by atoms with E-state index in [1.54, 1.807) is 6.07 Å². The fourth-order valence-corrected chi connectivity index (χ4v) is 1.98. The van der Waals surface area contributed by atoms with Gasteiger partial charge < -0.3 is 10.0 Å². The minimum Gasteiger partial charge on any atom is -0.478 e. The van der Waals surface area contributed by atoms with Crippen LogP contribution in [0.2, 0.25) is 0 Å². The van der Waals surface area contributed by atoms with E-state index in [2.05, 4.69) is 4.98 Å². The summed E-state index contributed by atoms with van der Waals surface area (Å²) in [7, 11) is 0. The highest BCUT2D eigenvalue weighted by Gasteiger charge is 2.26. The summed E-state index contributed by atoms with van der Waals surface area (Å²) >= 11 is 0. The third-order valence-electron chi connectivity index (χ3n) is 3.27. The number of hydrogen-bond donors (Lipinski definition) is 1. The predicted molar refractivity (Wildman–Crippen MR) is 75.2 cm³/mol. The van der Waals surface area contributed by atoms with Gasteiger partial charge >= 0.3 is 5.97 Å². The number of carbonyl (C=O) groups is 2. The van der Waals surface area contributed by atoms with Crippen LogP contribution >= 0.6 is 0 Å². The molecule has 5 nitrogen and oxygen atoms in total. The lowest BCUT2D eigenvalue weighted by Gasteiger charge is -2.20. The molecule has 0 bridgehead atoms. The van der Waals surface area contributed by atoms with Gasteiger partial charge in [0.15, 0.2) is 0 Å². The first-order valence-corrected chi connectivity index (χ1v) is 6.75. The molecular weight excluding hydrogens is 256 g/mol. The van der Waals surface area contributed by atoms with Gasteiger partial charge in [-0.25, -0.2) is 4.79 Å². The van der Waals surface area contributed by atoms with Crippen molar-refractivity contribution >= 4 is 18.0 Å². The molecule has 1 amide bonds. The normalized spacial score (nSPS) is 14.4. The second-order valence-corrected chi connectivity index (χ2v) is 4.97. The van der Waals surface area contributed by atoms with Crippen LogP contribution in [0.3, 0.4) is 0 Å². The molecule has 0 aliphatic heterocycles. The van der Waals surface area contributed by atoms with Gasteiger partial charge in [-0.3, -0.25) is 9.78 Å². The Morgan fingerprint density at radius 3 is 2.80 bits per heavy atom. The summed E-state index contributed by atoms with van der Waals surface area (Å²) in [5.41, 5.74) is 1.11. The molecule has 2 rings (SSSR count). The van der Waals surface area contributed by atoms with Crippen molar-refractivity contribution in [2.24, 2.45) is 5.92 Å². The second kappa shape index (κ2) is 6.32. The lowest BCUT2D eigenvalue weighted by atomic mass is 10.1. The van der Waals surface area contributed by atoms with Gasteiger partial charge in [-0.2, -0.15) is 0 Å². The van der Waals surface area contributed by atoms with E-state index in [0.29, 0.717) is 23.6 Å². The monoisotopic (exact) mass is 274 g/mol. The molecule has 1 heterocycles. The van der Waals surface area contributed by atoms with E-state index < -0.39 is 5.97 Å². The Kier molecular flexibility index (Phi) is 4.50. The summed E-state index contributed by atoms with van der Waals surface area (Å²) in [6.07, 6.45) is 7.92. The Labute approximate surface area is 117 Å². The summed E-state index contributed by atoms with van der Waals surface area (Å²) in [5, 5.41) is 8.60. The number of aliphatic carboxylic acids is 1. The summed E-state index contributed by atoms with van der Waals surface area (Å²) in [5.74, 6) is -0.426. The molecule has 1 aromatic heterocycles. The largest absolute Gasteiger partial charge is 0.478 e. The van der Waals surface area contributed by atoms with E-state index in [0.717, 1.165) is 12.6 Å². The maximum atomic E-state index is 12.4. The van der Waals surface area contributed by atoms with Gasteiger partial charge in [-0.1, -0.05) is 0 Å². The molecule has 0 radical (unpaired) electrons. The molecule has 1 N–H and O–H groups in total. The first-order valence-electron chi connectivity index (χ1n) is 6.75. The van der Waals surface area contributed by atoms with E-state index in [4.69, 9.17) is 5.11 Å². The molecule has 0 unspecified atom stereocenters. The molecule has 0 atom stereocenters. The zero-order valence-electron chi connectivity index (χ0n) is 11.5. The van der Waals surface area contributed by atoms with E-state index in [1.165, 1.54) is 31.3 Å². The minimum absolute atomic E-state index is 0.0440. The molecule has 0 aromatic carbocycles. The van der Waals surface area contributed by atoms with Gasteiger partial charge in [0.2, 0.25) is 0 Å². The molecule has 0 spiro atoms. The Bertz CT molecular complexity index is 536. The summed E-state index contributed by atoms with van der Waals surface area (Å²) < 4.78 is 0. The van der Waals surface area contributed by atoms with Crippen LogP contribution in [0.15, 0.2) is 24.5 Å². The zero-order valence-corrected chi connectivity index (χ0v) is 11.5. The third-order valence-corrected chi connectivity index (χ3v) is 3.27. The van der Waals surface area contributed by atoms with Crippen molar-refractivity contribution in [1.29, 1.82) is 0 Å². The van der Waals surface area contributed by atoms with Crippen LogP contribution in [0.4, 0.5) is 0 Å². The van der Waals surface area contributed by atoms with E-state index in [-0.39, 0.29) is 5.91 Å². The summed E-state index contributed by atoms with van der Waals surface area (Å²) in [4.78, 5) is 28.7. The first-order chi connectivity index (χ1) is 9.60. The highest BCUT2D eigenvalue weighted by Crippen LogP contribution is 2.30. The molecule has 5 heteroatoms. The average Bonchev–Trinajstić information content (AvgIpc) is 3.26. The van der Waals surface area contributed by atoms with Crippen LogP contribution in [-0.2, 0) is 4.79 Å². The number of aromatic nitrogens is 1. The van der Waals surface area contributed by atoms with Gasteiger partial charge in [0.25, 0.3) is 5.91 Å². The first kappa shape index (κ1) is 14.2. The van der Waals surface area contributed by atoms with E-state index in [9.17, 15) is 9.59 Å². The van der Waals surface area contributed by atoms with Crippen LogP contribution in [0.25, 0.3) is 6.08 Å². The van der Waals surface area contributed by atoms with Crippen molar-refractivity contribution in [3.8, 4) is 0 Å². The van der Waals surface area contributed by atoms with Crippen LogP contribution in [-0.4, -0.2) is 40.0 Å². The third kappa shape index (κ3) is 3.91. The Balaban J connectivity index is 2.11. The molecular formula is C15H18N2O3. The van der Waals surface area contributed by atoms with Gasteiger partial charge in [0.1, 0.15) is 0 Å². The molecule has 1 fully saturated rings. The topological polar surface area (TPSA) is 70.5 Å². The smallest absolute Gasteiger partial charge is 0.328 e. The Morgan fingerprint density at radius 2 is 2.20 bits per heavy atom. The highest BCUT2D eigenvalue weighted by atomic mass is 16.4. The fourth-order valence-electron chi connectivity index (χ4n) is 1.98. The SMILES string of the molecule is CCN(CC1CC1)C(=O)c1cncc(C=CC(=O)O)c1. The fraction of sp³-hybridized carbons (Fsp3) is 0.400. The summed E-state index contributed by atoms with van der Waals surface area (Å²) in [6.45, 7) is 3.43. The number of carboxylic acids is 1. The van der Waals surface area contributed by atoms with Crippen LogP contribution in [0, 0.1) is 5.92 Å². The number of hydrogen-bond acceptors (Lipinski definition) is 3. The lowest BCUT2D eigenvalue weighted by molar-refractivity contribution is -0.131. The van der Waals surface area contributed by atoms with Gasteiger partial charge in [-0.15, -0.1) is 0 Å². The quantitative estimate of drug-likeness (QED) is 0.806. The van der Waals surface area contributed by atoms with Crippen molar-refractivity contribution in [2.45, 2.75) is 19.8 Å². The predicted octanol–water partition coefficient (Wildman–Crippen LogP) is 2.05. The summed E-state index contributed by atoms with van der Waals surface area (Å²) in [6, 6.07) is 1.67. The standard InChI is InChI=1S/C15H18N2O3/c1-2-17(10-11-3-4-11)15(20)13-7-12(8-16-9-13)5-6-14(18)19/h5-9,11H,2-4,10H2,1H3,(H,18,19). The van der Waals surface area contributed by atoms with Gasteiger partial charge in [0.05, 0.1) is 5.56 Å². The molecule has 0 saturated heterocycles. The number of nitrogens with zero attached hydrogens (tertiary/aromatic N) is 2. The van der Waals surface area contributed by atoms with E-state index in [1.807, 2.05) is 11.8 Å². The molecule has 1 aromatic rings. The van der Waals surface area contributed by atoms with Crippen LogP contribution in [0.1, 0.15) is 35.7 Å². The number of carbonyl (C=O) groups excluding carboxylic acids is 1. The number of rotatable bonds is 6. The van der Waals surface area contributed by atoms with Crippen molar-refractivity contribution < 1.29 is 14.7 Å². The second-order valence-electron chi connectivity index (χ2n) is 4.97. The molecule has 20 heavy (non-hydrogen) atoms. The van der Waals surface area contributed by atoms with Crippen molar-refractivity contribution in [3.63, 3.8) is 0 Å². The van der Waals surface area contributed by atoms with E-state index >= 15 is 0 Å². The maximum absolute atomic E-state index is 12.4. The maximum Gasteiger partial charge on any atom is 0.328 e. The van der Waals surface area contributed by atoms with Gasteiger partial charge in [-0.05, 0) is 43.4 Å². The Morgan fingerprint density at radius 1 is 1.45 bits per heavy atom. The highest BCUT2D eigenvalue weighted by molar-refractivity contribution is 5.94. The minimum atomic E-state index is -1.02. The number of amides is 1. The zero-order chi connectivity index (χ0) is 14.5. The Hall–Kier alpha value is -2.17. The van der Waals surface area contributed by atoms with Crippen LogP contribution in [0.5, 0.6) is 0 Å². The average molecular weight is 274 g/mol. The molecule has 1 aliphatic carbocycles. The number of pyridine rings is 1. The van der Waals surface area contributed by atoms with Crippen molar-refractivity contribution in [2.75, 3.05) is 13.1 Å². The van der Waals surface area contributed by atoms with Crippen molar-refractivity contribution in [1.82, 2.24) is 9.88 Å². The molecule has 106 valence electrons. The number of carboxylic acid groups (broad SMARTS) is 1. The molecule has 1 aliphatic rings. The molecule has 1 saturated carbocycles.